The first-order valence-corrected chi connectivity index (χ1v) is 7.18. The lowest BCUT2D eigenvalue weighted by Gasteiger charge is -2.24. The van der Waals surface area contributed by atoms with E-state index in [-0.39, 0.29) is 5.92 Å². The van der Waals surface area contributed by atoms with Crippen LogP contribution in [0, 0.1) is 5.92 Å². The predicted octanol–water partition coefficient (Wildman–Crippen LogP) is 3.21. The predicted molar refractivity (Wildman–Crippen MR) is 76.5 cm³/mol. The van der Waals surface area contributed by atoms with E-state index in [0.29, 0.717) is 5.78 Å². The van der Waals surface area contributed by atoms with E-state index in [2.05, 4.69) is 17.0 Å². The second-order valence-corrected chi connectivity index (χ2v) is 6.40. The summed E-state index contributed by atoms with van der Waals surface area (Å²) in [5.41, 5.74) is 1.01. The molecule has 0 saturated heterocycles. The van der Waals surface area contributed by atoms with Gasteiger partial charge in [-0.15, -0.1) is 11.3 Å². The molecule has 1 unspecified atom stereocenters. The fourth-order valence-corrected chi connectivity index (χ4v) is 4.02. The van der Waals surface area contributed by atoms with Crippen LogP contribution in [0.15, 0.2) is 24.3 Å². The molecule has 3 rings (SSSR count). The Morgan fingerprint density at radius 1 is 1.33 bits per heavy atom. The number of aryl methyl sites for hydroxylation is 1. The molecule has 1 aromatic carbocycles. The summed E-state index contributed by atoms with van der Waals surface area (Å²) in [4.78, 5) is 16.0. The second-order valence-electron chi connectivity index (χ2n) is 5.26. The van der Waals surface area contributed by atoms with Crippen LogP contribution in [-0.4, -0.2) is 31.3 Å². The Morgan fingerprint density at radius 3 is 2.89 bits per heavy atom. The van der Waals surface area contributed by atoms with Gasteiger partial charge < -0.3 is 4.90 Å². The van der Waals surface area contributed by atoms with Crippen molar-refractivity contribution >= 4 is 27.2 Å². The molecule has 2 aromatic rings. The zero-order valence-electron chi connectivity index (χ0n) is 10.8. The van der Waals surface area contributed by atoms with Crippen LogP contribution < -0.4 is 0 Å². The first-order valence-electron chi connectivity index (χ1n) is 6.36. The van der Waals surface area contributed by atoms with Crippen LogP contribution >= 0.6 is 11.3 Å². The Labute approximate surface area is 111 Å². The average molecular weight is 259 g/mol. The number of carbonyl (C=O) groups is 1. The molecule has 0 fully saturated rings. The van der Waals surface area contributed by atoms with Crippen molar-refractivity contribution in [3.63, 3.8) is 0 Å². The lowest BCUT2D eigenvalue weighted by Crippen LogP contribution is -2.31. The van der Waals surface area contributed by atoms with Crippen LogP contribution in [0.2, 0.25) is 0 Å². The van der Waals surface area contributed by atoms with Gasteiger partial charge in [0.05, 0.1) is 0 Å². The van der Waals surface area contributed by atoms with Crippen molar-refractivity contribution in [2.45, 2.75) is 12.8 Å². The first-order chi connectivity index (χ1) is 8.66. The zero-order chi connectivity index (χ0) is 12.7. The maximum atomic E-state index is 12.6. The van der Waals surface area contributed by atoms with E-state index in [1.54, 1.807) is 11.3 Å². The van der Waals surface area contributed by atoms with E-state index < -0.39 is 0 Å². The number of rotatable bonds is 2. The molecule has 94 valence electrons. The number of Topliss-reactive ketones (excluding diaryl/α,β-unsaturated/α-hetero) is 1. The molecule has 2 nitrogen and oxygen atoms in total. The molecule has 18 heavy (non-hydrogen) atoms. The minimum Gasteiger partial charge on any atom is -0.309 e. The molecule has 0 spiro atoms. The lowest BCUT2D eigenvalue weighted by molar-refractivity contribution is 0.0881. The SMILES string of the molecule is CN(C)CC1CCc2sc3ccccc3c2C1=O. The van der Waals surface area contributed by atoms with Crippen molar-refractivity contribution in [2.24, 2.45) is 5.92 Å². The number of thiophene rings is 1. The van der Waals surface area contributed by atoms with E-state index in [9.17, 15) is 4.79 Å². The second kappa shape index (κ2) is 4.48. The quantitative estimate of drug-likeness (QED) is 0.825. The van der Waals surface area contributed by atoms with E-state index in [1.807, 2.05) is 26.2 Å². The average Bonchev–Trinajstić information content (AvgIpc) is 2.71. The van der Waals surface area contributed by atoms with E-state index in [0.717, 1.165) is 30.3 Å². The van der Waals surface area contributed by atoms with Gasteiger partial charge in [0.1, 0.15) is 0 Å². The third-order valence-electron chi connectivity index (χ3n) is 3.59. The Balaban J connectivity index is 2.06. The maximum Gasteiger partial charge on any atom is 0.168 e. The van der Waals surface area contributed by atoms with Crippen molar-refractivity contribution < 1.29 is 4.79 Å². The number of nitrogens with zero attached hydrogens (tertiary/aromatic N) is 1. The van der Waals surface area contributed by atoms with Gasteiger partial charge in [0.15, 0.2) is 5.78 Å². The molecule has 0 amide bonds. The first kappa shape index (κ1) is 11.9. The summed E-state index contributed by atoms with van der Waals surface area (Å²) in [6.45, 7) is 0.864. The van der Waals surface area contributed by atoms with Crippen molar-refractivity contribution in [3.8, 4) is 0 Å². The van der Waals surface area contributed by atoms with Crippen LogP contribution in [-0.2, 0) is 6.42 Å². The molecule has 0 aliphatic heterocycles. The third kappa shape index (κ3) is 1.88. The van der Waals surface area contributed by atoms with Crippen LogP contribution in [0.1, 0.15) is 21.7 Å². The Hall–Kier alpha value is -1.19. The summed E-state index contributed by atoms with van der Waals surface area (Å²) in [6.07, 6.45) is 2.05. The summed E-state index contributed by atoms with van der Waals surface area (Å²) in [5.74, 6) is 0.521. The molecule has 1 aliphatic rings. The van der Waals surface area contributed by atoms with Gasteiger partial charge in [0.2, 0.25) is 0 Å². The van der Waals surface area contributed by atoms with Gasteiger partial charge in [-0.1, -0.05) is 18.2 Å². The normalized spacial score (nSPS) is 19.5. The molecule has 0 radical (unpaired) electrons. The minimum atomic E-state index is 0.172. The molecular formula is C15H17NOS. The van der Waals surface area contributed by atoms with Gasteiger partial charge in [-0.2, -0.15) is 0 Å². The zero-order valence-corrected chi connectivity index (χ0v) is 11.6. The van der Waals surface area contributed by atoms with Crippen molar-refractivity contribution in [2.75, 3.05) is 20.6 Å². The topological polar surface area (TPSA) is 20.3 Å². The van der Waals surface area contributed by atoms with Gasteiger partial charge >= 0.3 is 0 Å². The number of hydrogen-bond acceptors (Lipinski definition) is 3. The fraction of sp³-hybridized carbons (Fsp3) is 0.400. The van der Waals surface area contributed by atoms with E-state index in [4.69, 9.17) is 0 Å². The maximum absolute atomic E-state index is 12.6. The molecule has 0 saturated carbocycles. The minimum absolute atomic E-state index is 0.172. The Kier molecular flexibility index (Phi) is 2.96. The standard InChI is InChI=1S/C15H17NOS/c1-16(2)9-10-7-8-13-14(15(10)17)11-5-3-4-6-12(11)18-13/h3-6,10H,7-9H2,1-2H3. The fourth-order valence-electron chi connectivity index (χ4n) is 2.80. The van der Waals surface area contributed by atoms with E-state index in [1.165, 1.54) is 9.58 Å². The third-order valence-corrected chi connectivity index (χ3v) is 4.82. The molecular weight excluding hydrogens is 242 g/mol. The Bertz CT molecular complexity index is 600. The van der Waals surface area contributed by atoms with Crippen molar-refractivity contribution in [1.29, 1.82) is 0 Å². The molecule has 0 bridgehead atoms. The molecule has 1 aliphatic carbocycles. The summed E-state index contributed by atoms with van der Waals surface area (Å²) in [7, 11) is 4.07. The summed E-state index contributed by atoms with van der Waals surface area (Å²) in [5, 5.41) is 1.16. The summed E-state index contributed by atoms with van der Waals surface area (Å²) < 4.78 is 1.25. The van der Waals surface area contributed by atoms with E-state index >= 15 is 0 Å². The molecule has 1 aromatic heterocycles. The van der Waals surface area contributed by atoms with Crippen molar-refractivity contribution in [1.82, 2.24) is 4.90 Å². The molecule has 3 heteroatoms. The summed E-state index contributed by atoms with van der Waals surface area (Å²) in [6, 6.07) is 8.28. The van der Waals surface area contributed by atoms with Crippen LogP contribution in [0.25, 0.3) is 10.1 Å². The van der Waals surface area contributed by atoms with Crippen LogP contribution in [0.3, 0.4) is 0 Å². The van der Waals surface area contributed by atoms with Gasteiger partial charge in [0, 0.05) is 33.0 Å². The smallest absolute Gasteiger partial charge is 0.168 e. The van der Waals surface area contributed by atoms with Crippen LogP contribution in [0.5, 0.6) is 0 Å². The highest BCUT2D eigenvalue weighted by molar-refractivity contribution is 7.19. The largest absolute Gasteiger partial charge is 0.309 e. The highest BCUT2D eigenvalue weighted by Gasteiger charge is 2.30. The number of benzene rings is 1. The lowest BCUT2D eigenvalue weighted by atomic mass is 9.85. The summed E-state index contributed by atoms with van der Waals surface area (Å²) >= 11 is 1.79. The van der Waals surface area contributed by atoms with Gasteiger partial charge in [-0.25, -0.2) is 0 Å². The molecule has 1 heterocycles. The number of ketones is 1. The van der Waals surface area contributed by atoms with Crippen LogP contribution in [0.4, 0.5) is 0 Å². The van der Waals surface area contributed by atoms with Gasteiger partial charge in [0.25, 0.3) is 0 Å². The van der Waals surface area contributed by atoms with Gasteiger partial charge in [-0.3, -0.25) is 4.79 Å². The highest BCUT2D eigenvalue weighted by Crippen LogP contribution is 2.37. The number of carbonyl (C=O) groups excluding carboxylic acids is 1. The number of hydrogen-bond donors (Lipinski definition) is 0. The molecule has 0 N–H and O–H groups in total. The van der Waals surface area contributed by atoms with Gasteiger partial charge in [-0.05, 0) is 33.0 Å². The monoisotopic (exact) mass is 259 g/mol. The number of fused-ring (bicyclic) bond motifs is 3. The highest BCUT2D eigenvalue weighted by atomic mass is 32.1. The van der Waals surface area contributed by atoms with Crippen molar-refractivity contribution in [3.05, 3.63) is 34.7 Å². The molecule has 1 atom stereocenters. The Morgan fingerprint density at radius 2 is 2.11 bits per heavy atom.